The minimum atomic E-state index is -0.659. The van der Waals surface area contributed by atoms with Crippen LogP contribution in [0, 0.1) is 5.82 Å². The summed E-state index contributed by atoms with van der Waals surface area (Å²) < 4.78 is 18.7. The Morgan fingerprint density at radius 2 is 1.90 bits per heavy atom. The number of benzene rings is 1. The van der Waals surface area contributed by atoms with E-state index in [1.165, 1.54) is 25.0 Å². The molecule has 0 saturated heterocycles. The Bertz CT molecular complexity index is 430. The van der Waals surface area contributed by atoms with Gasteiger partial charge in [-0.2, -0.15) is 0 Å². The molecule has 6 heteroatoms. The molecule has 0 radical (unpaired) electrons. The van der Waals surface area contributed by atoms with Crippen LogP contribution in [0.5, 0.6) is 0 Å². The van der Waals surface area contributed by atoms with Crippen LogP contribution in [0.15, 0.2) is 12.1 Å². The van der Waals surface area contributed by atoms with Crippen LogP contribution in [0.25, 0.3) is 0 Å². The summed E-state index contributed by atoms with van der Waals surface area (Å²) in [7, 11) is 0. The second-order valence-electron chi connectivity index (χ2n) is 5.02. The van der Waals surface area contributed by atoms with Crippen molar-refractivity contribution >= 4 is 28.9 Å². The van der Waals surface area contributed by atoms with Crippen LogP contribution < -0.4 is 5.32 Å². The summed E-state index contributed by atoms with van der Waals surface area (Å²) >= 11 is 11.8. The molecule has 1 unspecified atom stereocenters. The van der Waals surface area contributed by atoms with Gasteiger partial charge in [0, 0.05) is 6.54 Å². The summed E-state index contributed by atoms with van der Waals surface area (Å²) in [5.74, 6) is -0.490. The monoisotopic (exact) mass is 321 g/mol. The summed E-state index contributed by atoms with van der Waals surface area (Å²) in [4.78, 5) is 0. The van der Waals surface area contributed by atoms with E-state index < -0.39 is 11.9 Å². The highest BCUT2D eigenvalue weighted by Gasteiger charge is 2.17. The molecule has 0 aliphatic heterocycles. The highest BCUT2D eigenvalue weighted by Crippen LogP contribution is 2.31. The average Bonchev–Trinajstić information content (AvgIpc) is 2.88. The number of aliphatic hydroxyl groups excluding tert-OH is 1. The van der Waals surface area contributed by atoms with Crippen LogP contribution in [-0.4, -0.2) is 30.5 Å². The highest BCUT2D eigenvalue weighted by atomic mass is 35.5. The molecule has 0 spiro atoms. The second-order valence-corrected chi connectivity index (χ2v) is 5.83. The van der Waals surface area contributed by atoms with Gasteiger partial charge in [-0.3, -0.25) is 0 Å². The maximum atomic E-state index is 13.0. The summed E-state index contributed by atoms with van der Waals surface area (Å²) in [5.41, 5.74) is 0.426. The van der Waals surface area contributed by atoms with E-state index in [0.717, 1.165) is 12.8 Å². The molecule has 0 amide bonds. The molecule has 0 aromatic heterocycles. The fraction of sp³-hybridized carbons (Fsp3) is 0.571. The Labute approximate surface area is 128 Å². The van der Waals surface area contributed by atoms with Gasteiger partial charge in [-0.1, -0.05) is 36.0 Å². The smallest absolute Gasteiger partial charge is 0.126 e. The number of halogens is 3. The van der Waals surface area contributed by atoms with Gasteiger partial charge in [0.15, 0.2) is 0 Å². The van der Waals surface area contributed by atoms with Crippen molar-refractivity contribution in [2.45, 2.75) is 37.9 Å². The molecule has 20 heavy (non-hydrogen) atoms. The molecule has 2 rings (SSSR count). The lowest BCUT2D eigenvalue weighted by molar-refractivity contribution is -0.00117. The van der Waals surface area contributed by atoms with Crippen molar-refractivity contribution in [2.75, 3.05) is 18.5 Å². The first-order valence-corrected chi connectivity index (χ1v) is 7.50. The molecule has 2 N–H and O–H groups in total. The summed E-state index contributed by atoms with van der Waals surface area (Å²) in [5, 5.41) is 13.2. The quantitative estimate of drug-likeness (QED) is 0.835. The zero-order valence-corrected chi connectivity index (χ0v) is 12.6. The minimum Gasteiger partial charge on any atom is -0.389 e. The fourth-order valence-corrected chi connectivity index (χ4v) is 2.89. The van der Waals surface area contributed by atoms with E-state index in [9.17, 15) is 9.50 Å². The first-order chi connectivity index (χ1) is 9.56. The number of nitrogens with one attached hydrogen (secondary N) is 1. The second kappa shape index (κ2) is 7.46. The third-order valence-electron chi connectivity index (χ3n) is 3.35. The topological polar surface area (TPSA) is 41.5 Å². The number of anilines is 1. The van der Waals surface area contributed by atoms with Crippen molar-refractivity contribution in [3.8, 4) is 0 Å². The first kappa shape index (κ1) is 15.8. The SMILES string of the molecule is OC(CNc1c(Cl)cc(F)cc1Cl)COC1CCCC1. The molecule has 1 aliphatic carbocycles. The molecular weight excluding hydrogens is 304 g/mol. The largest absolute Gasteiger partial charge is 0.389 e. The minimum absolute atomic E-state index is 0.193. The Morgan fingerprint density at radius 3 is 2.50 bits per heavy atom. The number of rotatable bonds is 6. The van der Waals surface area contributed by atoms with Crippen molar-refractivity contribution in [1.82, 2.24) is 0 Å². The molecule has 3 nitrogen and oxygen atoms in total. The van der Waals surface area contributed by atoms with E-state index in [-0.39, 0.29) is 29.3 Å². The molecular formula is C14H18Cl2FNO2. The van der Waals surface area contributed by atoms with Gasteiger partial charge in [0.25, 0.3) is 0 Å². The maximum Gasteiger partial charge on any atom is 0.126 e. The first-order valence-electron chi connectivity index (χ1n) is 6.74. The molecule has 1 saturated carbocycles. The highest BCUT2D eigenvalue weighted by molar-refractivity contribution is 6.39. The third kappa shape index (κ3) is 4.48. The fourth-order valence-electron chi connectivity index (χ4n) is 2.29. The van der Waals surface area contributed by atoms with Gasteiger partial charge in [-0.15, -0.1) is 0 Å². The average molecular weight is 322 g/mol. The molecule has 0 bridgehead atoms. The van der Waals surface area contributed by atoms with Crippen LogP contribution in [0.1, 0.15) is 25.7 Å². The number of hydrogen-bond acceptors (Lipinski definition) is 3. The van der Waals surface area contributed by atoms with Gasteiger partial charge in [-0.25, -0.2) is 4.39 Å². The zero-order chi connectivity index (χ0) is 14.5. The van der Waals surface area contributed by atoms with Crippen molar-refractivity contribution in [2.24, 2.45) is 0 Å². The Morgan fingerprint density at radius 1 is 1.30 bits per heavy atom. The van der Waals surface area contributed by atoms with Crippen LogP contribution in [0.4, 0.5) is 10.1 Å². The number of ether oxygens (including phenoxy) is 1. The van der Waals surface area contributed by atoms with Gasteiger partial charge in [0.1, 0.15) is 5.82 Å². The Hall–Kier alpha value is -0.550. The van der Waals surface area contributed by atoms with E-state index >= 15 is 0 Å². The third-order valence-corrected chi connectivity index (χ3v) is 3.94. The summed E-state index contributed by atoms with van der Waals surface area (Å²) in [6.45, 7) is 0.520. The molecule has 1 fully saturated rings. The van der Waals surface area contributed by atoms with Gasteiger partial charge >= 0.3 is 0 Å². The van der Waals surface area contributed by atoms with E-state index in [0.29, 0.717) is 5.69 Å². The molecule has 1 atom stereocenters. The number of hydrogen-bond donors (Lipinski definition) is 2. The molecule has 0 heterocycles. The summed E-state index contributed by atoms with van der Waals surface area (Å²) in [6, 6.07) is 2.36. The predicted octanol–water partition coefficient (Wildman–Crippen LogP) is 3.86. The molecule has 1 aromatic carbocycles. The normalized spacial score (nSPS) is 17.4. The van der Waals surface area contributed by atoms with Crippen LogP contribution >= 0.6 is 23.2 Å². The van der Waals surface area contributed by atoms with Crippen molar-refractivity contribution in [1.29, 1.82) is 0 Å². The standard InChI is InChI=1S/C14H18Cl2FNO2/c15-12-5-9(17)6-13(16)14(12)18-7-10(19)8-20-11-3-1-2-4-11/h5-6,10-11,18-19H,1-4,7-8H2. The van der Waals surface area contributed by atoms with Gasteiger partial charge < -0.3 is 15.2 Å². The van der Waals surface area contributed by atoms with Crippen LogP contribution in [0.3, 0.4) is 0 Å². The van der Waals surface area contributed by atoms with Crippen molar-refractivity contribution in [3.63, 3.8) is 0 Å². The van der Waals surface area contributed by atoms with E-state index in [2.05, 4.69) is 5.32 Å². The van der Waals surface area contributed by atoms with E-state index in [1.54, 1.807) is 0 Å². The summed E-state index contributed by atoms with van der Waals surface area (Å²) in [6.07, 6.45) is 4.13. The lowest BCUT2D eigenvalue weighted by Crippen LogP contribution is -2.27. The van der Waals surface area contributed by atoms with E-state index in [1.807, 2.05) is 0 Å². The van der Waals surface area contributed by atoms with Crippen molar-refractivity contribution < 1.29 is 14.2 Å². The number of aliphatic hydroxyl groups is 1. The lowest BCUT2D eigenvalue weighted by Gasteiger charge is -2.17. The van der Waals surface area contributed by atoms with Gasteiger partial charge in [-0.05, 0) is 25.0 Å². The lowest BCUT2D eigenvalue weighted by atomic mass is 10.2. The van der Waals surface area contributed by atoms with Crippen LogP contribution in [-0.2, 0) is 4.74 Å². The Balaban J connectivity index is 1.79. The Kier molecular flexibility index (Phi) is 5.90. The van der Waals surface area contributed by atoms with Gasteiger partial charge in [0.05, 0.1) is 34.5 Å². The van der Waals surface area contributed by atoms with Gasteiger partial charge in [0.2, 0.25) is 0 Å². The molecule has 112 valence electrons. The molecule has 1 aliphatic rings. The zero-order valence-electron chi connectivity index (χ0n) is 11.0. The van der Waals surface area contributed by atoms with Crippen LogP contribution in [0.2, 0.25) is 10.0 Å². The van der Waals surface area contributed by atoms with E-state index in [4.69, 9.17) is 27.9 Å². The maximum absolute atomic E-state index is 13.0. The molecule has 1 aromatic rings. The van der Waals surface area contributed by atoms with Crippen molar-refractivity contribution in [3.05, 3.63) is 28.0 Å². The predicted molar refractivity (Wildman–Crippen MR) is 79.1 cm³/mol.